The molecule has 0 spiro atoms. The number of anilines is 2. The van der Waals surface area contributed by atoms with Crippen molar-refractivity contribution in [3.63, 3.8) is 0 Å². The van der Waals surface area contributed by atoms with E-state index in [0.717, 1.165) is 12.2 Å². The van der Waals surface area contributed by atoms with Crippen LogP contribution < -0.4 is 15.8 Å². The lowest BCUT2D eigenvalue weighted by Crippen LogP contribution is -2.14. The van der Waals surface area contributed by atoms with E-state index in [2.05, 4.69) is 48.2 Å². The van der Waals surface area contributed by atoms with Gasteiger partial charge in [0.15, 0.2) is 0 Å². The molecule has 2 rings (SSSR count). The highest BCUT2D eigenvalue weighted by molar-refractivity contribution is 5.43. The molecule has 112 valence electrons. The van der Waals surface area contributed by atoms with Crippen LogP contribution in [0.5, 0.6) is 11.6 Å². The van der Waals surface area contributed by atoms with Crippen molar-refractivity contribution >= 4 is 11.8 Å². The predicted octanol–water partition coefficient (Wildman–Crippen LogP) is 3.58. The number of nitrogens with two attached hydrogens (primary N) is 1. The van der Waals surface area contributed by atoms with Crippen molar-refractivity contribution in [3.8, 4) is 11.6 Å². The molecular weight excluding hydrogens is 264 g/mol. The number of aromatic nitrogens is 2. The minimum absolute atomic E-state index is 0.164. The smallest absolute Gasteiger partial charge is 0.226 e. The van der Waals surface area contributed by atoms with Gasteiger partial charge in [-0.1, -0.05) is 32.9 Å². The van der Waals surface area contributed by atoms with Gasteiger partial charge in [-0.15, -0.1) is 0 Å². The van der Waals surface area contributed by atoms with Crippen LogP contribution in [0, 0.1) is 0 Å². The van der Waals surface area contributed by atoms with Gasteiger partial charge in [0.05, 0.1) is 0 Å². The summed E-state index contributed by atoms with van der Waals surface area (Å²) in [5.74, 6) is 1.96. The molecular formula is C16H22N4O. The second kappa shape index (κ2) is 5.99. The van der Waals surface area contributed by atoms with Crippen LogP contribution in [0.2, 0.25) is 0 Å². The number of benzene rings is 1. The van der Waals surface area contributed by atoms with Crippen LogP contribution in [0.15, 0.2) is 30.3 Å². The summed E-state index contributed by atoms with van der Waals surface area (Å²) >= 11 is 0. The highest BCUT2D eigenvalue weighted by Gasteiger charge is 2.17. The minimum atomic E-state index is 0.164. The monoisotopic (exact) mass is 286 g/mol. The summed E-state index contributed by atoms with van der Waals surface area (Å²) in [4.78, 5) is 8.10. The van der Waals surface area contributed by atoms with E-state index in [4.69, 9.17) is 10.5 Å². The van der Waals surface area contributed by atoms with Crippen molar-refractivity contribution < 1.29 is 4.74 Å². The molecule has 0 aliphatic rings. The maximum absolute atomic E-state index is 5.73. The molecule has 1 aromatic carbocycles. The molecule has 0 radical (unpaired) electrons. The fourth-order valence-electron chi connectivity index (χ4n) is 1.92. The van der Waals surface area contributed by atoms with Gasteiger partial charge in [0, 0.05) is 13.1 Å². The standard InChI is InChI=1S/C16H22N4O/c1-5-16(2,3)11-6-8-12(9-7-11)21-14-10-13(18-4)19-15(17)20-14/h6-10H,5H2,1-4H3,(H3,17,18,19,20). The molecule has 1 aromatic heterocycles. The van der Waals surface area contributed by atoms with Crippen molar-refractivity contribution in [3.05, 3.63) is 35.9 Å². The first-order valence-corrected chi connectivity index (χ1v) is 7.05. The van der Waals surface area contributed by atoms with Gasteiger partial charge < -0.3 is 15.8 Å². The Hall–Kier alpha value is -2.30. The molecule has 5 nitrogen and oxygen atoms in total. The maximum atomic E-state index is 5.73. The zero-order valence-electron chi connectivity index (χ0n) is 13.0. The molecule has 0 unspecified atom stereocenters. The number of nitrogen functional groups attached to an aromatic ring is 1. The Kier molecular flexibility index (Phi) is 4.31. The van der Waals surface area contributed by atoms with Crippen molar-refractivity contribution in [2.24, 2.45) is 0 Å². The summed E-state index contributed by atoms with van der Waals surface area (Å²) in [6.07, 6.45) is 1.08. The number of hydrogen-bond donors (Lipinski definition) is 2. The molecule has 21 heavy (non-hydrogen) atoms. The fourth-order valence-corrected chi connectivity index (χ4v) is 1.92. The first-order chi connectivity index (χ1) is 9.94. The van der Waals surface area contributed by atoms with E-state index in [-0.39, 0.29) is 11.4 Å². The van der Waals surface area contributed by atoms with Crippen LogP contribution in [0.3, 0.4) is 0 Å². The van der Waals surface area contributed by atoms with Crippen LogP contribution in [0.25, 0.3) is 0 Å². The Bertz CT molecular complexity index is 608. The lowest BCUT2D eigenvalue weighted by atomic mass is 9.82. The largest absolute Gasteiger partial charge is 0.439 e. The van der Waals surface area contributed by atoms with E-state index in [1.807, 2.05) is 12.1 Å². The average Bonchev–Trinajstić information content (AvgIpc) is 2.47. The molecule has 5 heteroatoms. The predicted molar refractivity (Wildman–Crippen MR) is 85.8 cm³/mol. The maximum Gasteiger partial charge on any atom is 0.226 e. The average molecular weight is 286 g/mol. The summed E-state index contributed by atoms with van der Waals surface area (Å²) in [5, 5.41) is 2.92. The Morgan fingerprint density at radius 3 is 2.43 bits per heavy atom. The second-order valence-electron chi connectivity index (χ2n) is 5.56. The molecule has 0 saturated carbocycles. The van der Waals surface area contributed by atoms with E-state index in [9.17, 15) is 0 Å². The highest BCUT2D eigenvalue weighted by Crippen LogP contribution is 2.29. The van der Waals surface area contributed by atoms with Gasteiger partial charge in [-0.05, 0) is 29.5 Å². The van der Waals surface area contributed by atoms with Gasteiger partial charge in [-0.25, -0.2) is 0 Å². The first-order valence-electron chi connectivity index (χ1n) is 7.05. The van der Waals surface area contributed by atoms with Gasteiger partial charge in [0.1, 0.15) is 11.6 Å². The van der Waals surface area contributed by atoms with Gasteiger partial charge >= 0.3 is 0 Å². The minimum Gasteiger partial charge on any atom is -0.439 e. The van der Waals surface area contributed by atoms with Crippen molar-refractivity contribution in [1.82, 2.24) is 9.97 Å². The highest BCUT2D eigenvalue weighted by atomic mass is 16.5. The molecule has 0 aliphatic carbocycles. The Morgan fingerprint density at radius 2 is 1.86 bits per heavy atom. The van der Waals surface area contributed by atoms with E-state index in [1.54, 1.807) is 13.1 Å². The van der Waals surface area contributed by atoms with Crippen molar-refractivity contribution in [1.29, 1.82) is 0 Å². The number of nitrogens with one attached hydrogen (secondary N) is 1. The molecule has 0 saturated heterocycles. The van der Waals surface area contributed by atoms with E-state index in [1.165, 1.54) is 5.56 Å². The molecule has 0 amide bonds. The summed E-state index contributed by atoms with van der Waals surface area (Å²) in [5.41, 5.74) is 7.10. The Labute approximate surface area is 125 Å². The summed E-state index contributed by atoms with van der Waals surface area (Å²) in [7, 11) is 1.77. The molecule has 1 heterocycles. The number of rotatable bonds is 5. The number of nitrogens with zero attached hydrogens (tertiary/aromatic N) is 2. The van der Waals surface area contributed by atoms with Gasteiger partial charge in [0.2, 0.25) is 11.8 Å². The zero-order chi connectivity index (χ0) is 15.5. The third-order valence-electron chi connectivity index (χ3n) is 3.72. The van der Waals surface area contributed by atoms with Crippen LogP contribution in [0.1, 0.15) is 32.8 Å². The van der Waals surface area contributed by atoms with Crippen LogP contribution in [-0.4, -0.2) is 17.0 Å². The van der Waals surface area contributed by atoms with E-state index < -0.39 is 0 Å². The van der Waals surface area contributed by atoms with Crippen LogP contribution in [-0.2, 0) is 5.41 Å². The quantitative estimate of drug-likeness (QED) is 0.879. The van der Waals surface area contributed by atoms with Crippen LogP contribution >= 0.6 is 0 Å². The van der Waals surface area contributed by atoms with Crippen molar-refractivity contribution in [2.45, 2.75) is 32.6 Å². The fraction of sp³-hybridized carbons (Fsp3) is 0.375. The van der Waals surface area contributed by atoms with Crippen LogP contribution in [0.4, 0.5) is 11.8 Å². The first kappa shape index (κ1) is 15.1. The van der Waals surface area contributed by atoms with Gasteiger partial charge in [0.25, 0.3) is 0 Å². The topological polar surface area (TPSA) is 73.1 Å². The van der Waals surface area contributed by atoms with Gasteiger partial charge in [-0.3, -0.25) is 0 Å². The second-order valence-corrected chi connectivity index (χ2v) is 5.56. The van der Waals surface area contributed by atoms with E-state index >= 15 is 0 Å². The lowest BCUT2D eigenvalue weighted by Gasteiger charge is -2.23. The molecule has 3 N–H and O–H groups in total. The third kappa shape index (κ3) is 3.62. The third-order valence-corrected chi connectivity index (χ3v) is 3.72. The molecule has 0 bridgehead atoms. The summed E-state index contributed by atoms with van der Waals surface area (Å²) in [6, 6.07) is 9.78. The van der Waals surface area contributed by atoms with Gasteiger partial charge in [-0.2, -0.15) is 9.97 Å². The molecule has 0 atom stereocenters. The molecule has 0 aliphatic heterocycles. The number of hydrogen-bond acceptors (Lipinski definition) is 5. The Morgan fingerprint density at radius 1 is 1.19 bits per heavy atom. The lowest BCUT2D eigenvalue weighted by molar-refractivity contribution is 0.460. The van der Waals surface area contributed by atoms with E-state index in [0.29, 0.717) is 11.7 Å². The number of ether oxygens (including phenoxy) is 1. The molecule has 0 fully saturated rings. The summed E-state index contributed by atoms with van der Waals surface area (Å²) in [6.45, 7) is 6.65. The Balaban J connectivity index is 2.19. The summed E-state index contributed by atoms with van der Waals surface area (Å²) < 4.78 is 5.73. The SMILES string of the molecule is CCC(C)(C)c1ccc(Oc2cc(NC)nc(N)n2)cc1. The zero-order valence-corrected chi connectivity index (χ0v) is 13.0. The molecule has 2 aromatic rings. The van der Waals surface area contributed by atoms with Crippen molar-refractivity contribution in [2.75, 3.05) is 18.1 Å². The normalized spacial score (nSPS) is 11.2.